The Morgan fingerprint density at radius 1 is 1.53 bits per heavy atom. The minimum absolute atomic E-state index is 0.309. The van der Waals surface area contributed by atoms with Gasteiger partial charge in [0.25, 0.3) is 0 Å². The number of aryl methyl sites for hydroxylation is 1. The zero-order valence-electron chi connectivity index (χ0n) is 10.1. The summed E-state index contributed by atoms with van der Waals surface area (Å²) < 4.78 is 1.95. The van der Waals surface area contributed by atoms with E-state index in [1.807, 2.05) is 36.7 Å². The standard InChI is InChI=1S/C13H16N2O2/c1-3-10(13(16)17)6-9-4-5-12-11(7-9)14-8-15(12)2/h4-5,7-8,10H,3,6H2,1-2H3,(H,16,17). The van der Waals surface area contributed by atoms with Crippen LogP contribution in [0.2, 0.25) is 0 Å². The molecule has 1 unspecified atom stereocenters. The van der Waals surface area contributed by atoms with Crippen molar-refractivity contribution < 1.29 is 9.90 Å². The lowest BCUT2D eigenvalue weighted by atomic mass is 9.97. The molecule has 1 aromatic carbocycles. The van der Waals surface area contributed by atoms with E-state index in [9.17, 15) is 4.79 Å². The van der Waals surface area contributed by atoms with Gasteiger partial charge in [-0.3, -0.25) is 4.79 Å². The molecule has 0 fully saturated rings. The normalized spacial score (nSPS) is 12.8. The fourth-order valence-electron chi connectivity index (χ4n) is 2.00. The Balaban J connectivity index is 2.27. The van der Waals surface area contributed by atoms with Crippen molar-refractivity contribution in [1.29, 1.82) is 0 Å². The van der Waals surface area contributed by atoms with E-state index in [1.54, 1.807) is 6.33 Å². The Morgan fingerprint density at radius 2 is 2.29 bits per heavy atom. The number of hydrogen-bond donors (Lipinski definition) is 1. The van der Waals surface area contributed by atoms with Crippen LogP contribution in [-0.2, 0) is 18.3 Å². The number of benzene rings is 1. The zero-order chi connectivity index (χ0) is 12.4. The fraction of sp³-hybridized carbons (Fsp3) is 0.385. The first-order chi connectivity index (χ1) is 8.11. The molecule has 17 heavy (non-hydrogen) atoms. The second-order valence-electron chi connectivity index (χ2n) is 4.33. The molecule has 1 aromatic heterocycles. The number of aliphatic carboxylic acids is 1. The van der Waals surface area contributed by atoms with E-state index >= 15 is 0 Å². The molecule has 0 spiro atoms. The third-order valence-corrected chi connectivity index (χ3v) is 3.11. The number of fused-ring (bicyclic) bond motifs is 1. The van der Waals surface area contributed by atoms with Crippen LogP contribution in [0.25, 0.3) is 11.0 Å². The zero-order valence-corrected chi connectivity index (χ0v) is 10.1. The predicted molar refractivity (Wildman–Crippen MR) is 65.8 cm³/mol. The van der Waals surface area contributed by atoms with Gasteiger partial charge in [-0.1, -0.05) is 13.0 Å². The molecule has 0 aliphatic heterocycles. The van der Waals surface area contributed by atoms with Crippen molar-refractivity contribution in [1.82, 2.24) is 9.55 Å². The molecule has 0 aliphatic carbocycles. The van der Waals surface area contributed by atoms with Gasteiger partial charge in [0, 0.05) is 7.05 Å². The van der Waals surface area contributed by atoms with E-state index in [4.69, 9.17) is 5.11 Å². The highest BCUT2D eigenvalue weighted by Gasteiger charge is 2.15. The quantitative estimate of drug-likeness (QED) is 0.879. The van der Waals surface area contributed by atoms with E-state index in [0.717, 1.165) is 16.6 Å². The van der Waals surface area contributed by atoms with Gasteiger partial charge < -0.3 is 9.67 Å². The maximum Gasteiger partial charge on any atom is 0.306 e. The van der Waals surface area contributed by atoms with Gasteiger partial charge in [-0.25, -0.2) is 4.98 Å². The molecule has 2 aromatic rings. The number of carbonyl (C=O) groups is 1. The summed E-state index contributed by atoms with van der Waals surface area (Å²) in [5.74, 6) is -1.04. The lowest BCUT2D eigenvalue weighted by Gasteiger charge is -2.09. The van der Waals surface area contributed by atoms with E-state index in [2.05, 4.69) is 4.98 Å². The molecule has 90 valence electrons. The first-order valence-electron chi connectivity index (χ1n) is 5.74. The summed E-state index contributed by atoms with van der Waals surface area (Å²) in [5, 5.41) is 9.03. The molecule has 1 N–H and O–H groups in total. The molecule has 1 atom stereocenters. The monoisotopic (exact) mass is 232 g/mol. The van der Waals surface area contributed by atoms with Gasteiger partial charge >= 0.3 is 5.97 Å². The highest BCUT2D eigenvalue weighted by Crippen LogP contribution is 2.18. The predicted octanol–water partition coefficient (Wildman–Crippen LogP) is 2.23. The van der Waals surface area contributed by atoms with E-state index in [1.165, 1.54) is 0 Å². The maximum atomic E-state index is 11.0. The van der Waals surface area contributed by atoms with Crippen LogP contribution in [0.3, 0.4) is 0 Å². The number of hydrogen-bond acceptors (Lipinski definition) is 2. The van der Waals surface area contributed by atoms with Gasteiger partial charge in [-0.05, 0) is 30.5 Å². The van der Waals surface area contributed by atoms with Gasteiger partial charge in [0.15, 0.2) is 0 Å². The lowest BCUT2D eigenvalue weighted by Crippen LogP contribution is -2.15. The molecular weight excluding hydrogens is 216 g/mol. The van der Waals surface area contributed by atoms with Crippen molar-refractivity contribution in [3.8, 4) is 0 Å². The minimum Gasteiger partial charge on any atom is -0.481 e. The highest BCUT2D eigenvalue weighted by atomic mass is 16.4. The smallest absolute Gasteiger partial charge is 0.306 e. The molecule has 0 saturated heterocycles. The van der Waals surface area contributed by atoms with Crippen molar-refractivity contribution in [3.05, 3.63) is 30.1 Å². The van der Waals surface area contributed by atoms with Crippen molar-refractivity contribution in [2.75, 3.05) is 0 Å². The molecule has 1 heterocycles. The first kappa shape index (κ1) is 11.6. The lowest BCUT2D eigenvalue weighted by molar-refractivity contribution is -0.141. The van der Waals surface area contributed by atoms with Crippen LogP contribution in [-0.4, -0.2) is 20.6 Å². The summed E-state index contributed by atoms with van der Waals surface area (Å²) >= 11 is 0. The largest absolute Gasteiger partial charge is 0.481 e. The van der Waals surface area contributed by atoms with Crippen LogP contribution in [0.1, 0.15) is 18.9 Å². The molecule has 2 rings (SSSR count). The highest BCUT2D eigenvalue weighted by molar-refractivity contribution is 5.76. The van der Waals surface area contributed by atoms with E-state index < -0.39 is 5.97 Å². The van der Waals surface area contributed by atoms with E-state index in [-0.39, 0.29) is 5.92 Å². The van der Waals surface area contributed by atoms with Crippen molar-refractivity contribution in [2.45, 2.75) is 19.8 Å². The van der Waals surface area contributed by atoms with Gasteiger partial charge in [0.05, 0.1) is 23.3 Å². The average molecular weight is 232 g/mol. The topological polar surface area (TPSA) is 55.1 Å². The van der Waals surface area contributed by atoms with Gasteiger partial charge in [0.1, 0.15) is 0 Å². The van der Waals surface area contributed by atoms with Crippen molar-refractivity contribution in [2.24, 2.45) is 13.0 Å². The number of aromatic nitrogens is 2. The minimum atomic E-state index is -0.728. The fourth-order valence-corrected chi connectivity index (χ4v) is 2.00. The molecule has 0 amide bonds. The van der Waals surface area contributed by atoms with Crippen molar-refractivity contribution in [3.63, 3.8) is 0 Å². The Bertz CT molecular complexity index is 545. The summed E-state index contributed by atoms with van der Waals surface area (Å²) in [5.41, 5.74) is 3.02. The van der Waals surface area contributed by atoms with Crippen LogP contribution >= 0.6 is 0 Å². The van der Waals surface area contributed by atoms with Crippen LogP contribution in [0.5, 0.6) is 0 Å². The second kappa shape index (κ2) is 4.57. The van der Waals surface area contributed by atoms with Gasteiger partial charge in [0.2, 0.25) is 0 Å². The molecular formula is C13H16N2O2. The Labute approximate surface area is 99.9 Å². The van der Waals surface area contributed by atoms with Crippen LogP contribution in [0.4, 0.5) is 0 Å². The molecule has 4 nitrogen and oxygen atoms in total. The first-order valence-corrected chi connectivity index (χ1v) is 5.74. The average Bonchev–Trinajstić information content (AvgIpc) is 2.67. The Hall–Kier alpha value is -1.84. The SMILES string of the molecule is CCC(Cc1ccc2c(c1)ncn2C)C(=O)O. The van der Waals surface area contributed by atoms with Crippen LogP contribution < -0.4 is 0 Å². The molecule has 0 aliphatic rings. The van der Waals surface area contributed by atoms with Crippen molar-refractivity contribution >= 4 is 17.0 Å². The number of carboxylic acid groups (broad SMARTS) is 1. The molecule has 0 bridgehead atoms. The van der Waals surface area contributed by atoms with Gasteiger partial charge in [-0.15, -0.1) is 0 Å². The summed E-state index contributed by atoms with van der Waals surface area (Å²) in [7, 11) is 1.95. The molecule has 0 radical (unpaired) electrons. The molecule has 4 heteroatoms. The maximum absolute atomic E-state index is 11.0. The third-order valence-electron chi connectivity index (χ3n) is 3.11. The summed E-state index contributed by atoms with van der Waals surface area (Å²) in [6.07, 6.45) is 2.98. The second-order valence-corrected chi connectivity index (χ2v) is 4.33. The van der Waals surface area contributed by atoms with E-state index in [0.29, 0.717) is 12.8 Å². The number of rotatable bonds is 4. The Kier molecular flexibility index (Phi) is 3.13. The number of carboxylic acids is 1. The third kappa shape index (κ3) is 2.30. The summed E-state index contributed by atoms with van der Waals surface area (Å²) in [6, 6.07) is 5.95. The number of imidazole rings is 1. The summed E-state index contributed by atoms with van der Waals surface area (Å²) in [4.78, 5) is 15.3. The Morgan fingerprint density at radius 3 is 2.94 bits per heavy atom. The summed E-state index contributed by atoms with van der Waals surface area (Å²) in [6.45, 7) is 1.90. The van der Waals surface area contributed by atoms with Crippen LogP contribution in [0, 0.1) is 5.92 Å². The number of nitrogens with zero attached hydrogens (tertiary/aromatic N) is 2. The van der Waals surface area contributed by atoms with Gasteiger partial charge in [-0.2, -0.15) is 0 Å². The van der Waals surface area contributed by atoms with Crippen LogP contribution in [0.15, 0.2) is 24.5 Å². The molecule has 0 saturated carbocycles.